The third-order valence-electron chi connectivity index (χ3n) is 1.89. The van der Waals surface area contributed by atoms with Crippen molar-refractivity contribution in [1.82, 2.24) is 5.32 Å². The minimum absolute atomic E-state index is 0.0386. The fourth-order valence-electron chi connectivity index (χ4n) is 0.977. The molecule has 0 saturated carbocycles. The third kappa shape index (κ3) is 2.67. The molecule has 0 aliphatic heterocycles. The predicted octanol–water partition coefficient (Wildman–Crippen LogP) is 1.68. The molecular formula is C10H13NO2S. The highest BCUT2D eigenvalue weighted by molar-refractivity contribution is 7.14. The number of hydrogen-bond acceptors (Lipinski definition) is 3. The Morgan fingerprint density at radius 1 is 1.43 bits per heavy atom. The number of aryl methyl sites for hydroxylation is 2. The van der Waals surface area contributed by atoms with E-state index in [-0.39, 0.29) is 18.2 Å². The number of carbonyl (C=O) groups excluding carboxylic acids is 2. The van der Waals surface area contributed by atoms with Gasteiger partial charge in [-0.1, -0.05) is 0 Å². The molecule has 0 fully saturated rings. The molecule has 0 unspecified atom stereocenters. The standard InChI is InChI=1S/C10H13NO2S/c1-6-4-9(14-8(6)3)10(13)11-5-7(2)12/h4H,5H2,1-3H3,(H,11,13). The first-order valence-electron chi connectivity index (χ1n) is 4.35. The van der Waals surface area contributed by atoms with Crippen LogP contribution in [-0.4, -0.2) is 18.2 Å². The molecule has 0 spiro atoms. The van der Waals surface area contributed by atoms with Crippen molar-refractivity contribution in [2.75, 3.05) is 6.54 Å². The smallest absolute Gasteiger partial charge is 0.261 e. The summed E-state index contributed by atoms with van der Waals surface area (Å²) in [6.07, 6.45) is 0. The van der Waals surface area contributed by atoms with Crippen LogP contribution in [-0.2, 0) is 4.79 Å². The predicted molar refractivity (Wildman–Crippen MR) is 56.8 cm³/mol. The number of Topliss-reactive ketones (excluding diaryl/α,β-unsaturated/α-hetero) is 1. The number of amides is 1. The van der Waals surface area contributed by atoms with Gasteiger partial charge in [0.2, 0.25) is 0 Å². The summed E-state index contributed by atoms with van der Waals surface area (Å²) in [7, 11) is 0. The Bertz CT molecular complexity index is 349. The van der Waals surface area contributed by atoms with Gasteiger partial charge in [-0.2, -0.15) is 0 Å². The average Bonchev–Trinajstić information content (AvgIpc) is 2.43. The van der Waals surface area contributed by atoms with Gasteiger partial charge in [0.1, 0.15) is 5.78 Å². The second-order valence-electron chi connectivity index (χ2n) is 3.23. The lowest BCUT2D eigenvalue weighted by Gasteiger charge is -1.98. The molecule has 0 bridgehead atoms. The third-order valence-corrected chi connectivity index (χ3v) is 3.04. The molecule has 4 heteroatoms. The fraction of sp³-hybridized carbons (Fsp3) is 0.400. The van der Waals surface area contributed by atoms with E-state index < -0.39 is 0 Å². The number of ketones is 1. The van der Waals surface area contributed by atoms with Crippen molar-refractivity contribution >= 4 is 23.0 Å². The zero-order valence-corrected chi connectivity index (χ0v) is 9.33. The molecule has 1 rings (SSSR count). The van der Waals surface area contributed by atoms with Crippen LogP contribution < -0.4 is 5.32 Å². The summed E-state index contributed by atoms with van der Waals surface area (Å²) in [5.74, 6) is -0.204. The van der Waals surface area contributed by atoms with Crippen molar-refractivity contribution in [2.45, 2.75) is 20.8 Å². The normalized spacial score (nSPS) is 9.93. The van der Waals surface area contributed by atoms with Gasteiger partial charge in [-0.05, 0) is 32.4 Å². The molecule has 14 heavy (non-hydrogen) atoms. The summed E-state index contributed by atoms with van der Waals surface area (Å²) in [5.41, 5.74) is 1.11. The molecule has 1 aromatic heterocycles. The molecule has 1 N–H and O–H groups in total. The van der Waals surface area contributed by atoms with E-state index in [1.54, 1.807) is 0 Å². The van der Waals surface area contributed by atoms with Gasteiger partial charge in [-0.25, -0.2) is 0 Å². The molecule has 3 nitrogen and oxygen atoms in total. The van der Waals surface area contributed by atoms with Crippen LogP contribution in [0, 0.1) is 13.8 Å². The molecular weight excluding hydrogens is 198 g/mol. The van der Waals surface area contributed by atoms with Gasteiger partial charge in [0.25, 0.3) is 5.91 Å². The van der Waals surface area contributed by atoms with Crippen molar-refractivity contribution in [1.29, 1.82) is 0 Å². The highest BCUT2D eigenvalue weighted by Crippen LogP contribution is 2.20. The van der Waals surface area contributed by atoms with Gasteiger partial charge >= 0.3 is 0 Å². The van der Waals surface area contributed by atoms with E-state index in [0.29, 0.717) is 4.88 Å². The lowest BCUT2D eigenvalue weighted by atomic mass is 10.3. The summed E-state index contributed by atoms with van der Waals surface area (Å²) in [6.45, 7) is 5.50. The van der Waals surface area contributed by atoms with Crippen molar-refractivity contribution < 1.29 is 9.59 Å². The maximum Gasteiger partial charge on any atom is 0.261 e. The second kappa shape index (κ2) is 4.37. The van der Waals surface area contributed by atoms with E-state index in [0.717, 1.165) is 10.4 Å². The Morgan fingerprint density at radius 3 is 2.50 bits per heavy atom. The minimum atomic E-state index is -0.165. The molecule has 0 radical (unpaired) electrons. The molecule has 1 heterocycles. The first kappa shape index (κ1) is 10.9. The molecule has 0 saturated heterocycles. The molecule has 1 aromatic rings. The monoisotopic (exact) mass is 211 g/mol. The minimum Gasteiger partial charge on any atom is -0.344 e. The SMILES string of the molecule is CC(=O)CNC(=O)c1cc(C)c(C)s1. The van der Waals surface area contributed by atoms with Crippen LogP contribution in [0.5, 0.6) is 0 Å². The highest BCUT2D eigenvalue weighted by atomic mass is 32.1. The maximum atomic E-state index is 11.5. The quantitative estimate of drug-likeness (QED) is 0.827. The van der Waals surface area contributed by atoms with Crippen LogP contribution in [0.25, 0.3) is 0 Å². The van der Waals surface area contributed by atoms with Gasteiger partial charge in [0.05, 0.1) is 11.4 Å². The first-order valence-corrected chi connectivity index (χ1v) is 5.17. The number of nitrogens with one attached hydrogen (secondary N) is 1. The summed E-state index contributed by atoms with van der Waals surface area (Å²) in [6, 6.07) is 1.84. The van der Waals surface area contributed by atoms with Crippen LogP contribution in [0.1, 0.15) is 27.0 Å². The number of carbonyl (C=O) groups is 2. The van der Waals surface area contributed by atoms with Crippen LogP contribution >= 0.6 is 11.3 Å². The molecule has 0 aliphatic carbocycles. The summed E-state index contributed by atoms with van der Waals surface area (Å²) in [4.78, 5) is 23.9. The van der Waals surface area contributed by atoms with Gasteiger partial charge in [-0.15, -0.1) is 11.3 Å². The van der Waals surface area contributed by atoms with E-state index in [1.807, 2.05) is 19.9 Å². The topological polar surface area (TPSA) is 46.2 Å². The summed E-state index contributed by atoms with van der Waals surface area (Å²) >= 11 is 1.45. The van der Waals surface area contributed by atoms with Crippen molar-refractivity contribution in [3.8, 4) is 0 Å². The highest BCUT2D eigenvalue weighted by Gasteiger charge is 2.09. The van der Waals surface area contributed by atoms with E-state index >= 15 is 0 Å². The van der Waals surface area contributed by atoms with Gasteiger partial charge in [0, 0.05) is 4.88 Å². The Balaban J connectivity index is 2.65. The molecule has 0 aromatic carbocycles. The lowest BCUT2D eigenvalue weighted by molar-refractivity contribution is -0.116. The van der Waals surface area contributed by atoms with Gasteiger partial charge < -0.3 is 5.32 Å². The van der Waals surface area contributed by atoms with Crippen LogP contribution in [0.2, 0.25) is 0 Å². The summed E-state index contributed by atoms with van der Waals surface area (Å²) < 4.78 is 0. The zero-order valence-electron chi connectivity index (χ0n) is 8.51. The Labute approximate surface area is 87.1 Å². The largest absolute Gasteiger partial charge is 0.344 e. The Kier molecular flexibility index (Phi) is 3.41. The lowest BCUT2D eigenvalue weighted by Crippen LogP contribution is -2.27. The Hall–Kier alpha value is -1.16. The molecule has 0 atom stereocenters. The van der Waals surface area contributed by atoms with Crippen LogP contribution in [0.4, 0.5) is 0 Å². The number of hydrogen-bond donors (Lipinski definition) is 1. The number of rotatable bonds is 3. The number of thiophene rings is 1. The van der Waals surface area contributed by atoms with Gasteiger partial charge in [0.15, 0.2) is 0 Å². The van der Waals surface area contributed by atoms with E-state index in [2.05, 4.69) is 5.32 Å². The van der Waals surface area contributed by atoms with Crippen molar-refractivity contribution in [3.05, 3.63) is 21.4 Å². The van der Waals surface area contributed by atoms with Gasteiger partial charge in [-0.3, -0.25) is 9.59 Å². The zero-order chi connectivity index (χ0) is 10.7. The van der Waals surface area contributed by atoms with E-state index in [1.165, 1.54) is 18.3 Å². The van der Waals surface area contributed by atoms with Crippen molar-refractivity contribution in [3.63, 3.8) is 0 Å². The fourth-order valence-corrected chi connectivity index (χ4v) is 1.93. The maximum absolute atomic E-state index is 11.5. The molecule has 1 amide bonds. The molecule has 76 valence electrons. The van der Waals surface area contributed by atoms with Crippen LogP contribution in [0.3, 0.4) is 0 Å². The van der Waals surface area contributed by atoms with Crippen molar-refractivity contribution in [2.24, 2.45) is 0 Å². The van der Waals surface area contributed by atoms with E-state index in [4.69, 9.17) is 0 Å². The van der Waals surface area contributed by atoms with Crippen LogP contribution in [0.15, 0.2) is 6.07 Å². The molecule has 0 aliphatic rings. The average molecular weight is 211 g/mol. The summed E-state index contributed by atoms with van der Waals surface area (Å²) in [5, 5.41) is 2.56. The second-order valence-corrected chi connectivity index (χ2v) is 4.49. The van der Waals surface area contributed by atoms with E-state index in [9.17, 15) is 9.59 Å². The first-order chi connectivity index (χ1) is 6.50. The Morgan fingerprint density at radius 2 is 2.07 bits per heavy atom.